The summed E-state index contributed by atoms with van der Waals surface area (Å²) in [5.74, 6) is -2.62. The Morgan fingerprint density at radius 3 is 2.47 bits per heavy atom. The van der Waals surface area contributed by atoms with E-state index in [0.29, 0.717) is 18.4 Å². The monoisotopic (exact) mass is 482 g/mol. The van der Waals surface area contributed by atoms with Crippen molar-refractivity contribution in [3.05, 3.63) is 69.9 Å². The summed E-state index contributed by atoms with van der Waals surface area (Å²) in [6.07, 6.45) is -3.14. The van der Waals surface area contributed by atoms with Gasteiger partial charge >= 0.3 is 11.9 Å². The smallest absolute Gasteiger partial charge is 0.433 e. The van der Waals surface area contributed by atoms with Crippen molar-refractivity contribution in [2.75, 3.05) is 11.9 Å². The van der Waals surface area contributed by atoms with Gasteiger partial charge in [0.25, 0.3) is 0 Å². The lowest BCUT2D eigenvalue weighted by Crippen LogP contribution is -2.41. The molecule has 3 aromatic rings. The second kappa shape index (κ2) is 8.92. The number of hydrogen-bond donors (Lipinski definition) is 0. The summed E-state index contributed by atoms with van der Waals surface area (Å²) < 4.78 is 78.8. The topological polar surface area (TPSA) is 69.5 Å². The molecule has 180 valence electrons. The Hall–Kier alpha value is -3.70. The number of rotatable bonds is 5. The van der Waals surface area contributed by atoms with Crippen LogP contribution in [0.4, 0.5) is 27.8 Å². The van der Waals surface area contributed by atoms with E-state index in [-0.39, 0.29) is 29.8 Å². The Kier molecular flexibility index (Phi) is 6.15. The number of aromatic nitrogens is 3. The molecule has 7 nitrogen and oxygen atoms in total. The highest BCUT2D eigenvalue weighted by molar-refractivity contribution is 5.44. The molecule has 0 saturated heterocycles. The number of fused-ring (bicyclic) bond motifs is 1. The van der Waals surface area contributed by atoms with Gasteiger partial charge in [-0.3, -0.25) is 4.57 Å². The number of benzene rings is 1. The Labute approximate surface area is 190 Å². The fourth-order valence-corrected chi connectivity index (χ4v) is 3.46. The first-order valence-corrected chi connectivity index (χ1v) is 10.2. The highest BCUT2D eigenvalue weighted by atomic mass is 19.4. The molecule has 1 aromatic carbocycles. The van der Waals surface area contributed by atoms with Gasteiger partial charge in [0.1, 0.15) is 23.9 Å². The molecule has 0 fully saturated rings. The van der Waals surface area contributed by atoms with Gasteiger partial charge in [-0.15, -0.1) is 0 Å². The normalized spacial score (nSPS) is 15.7. The van der Waals surface area contributed by atoms with Crippen molar-refractivity contribution >= 4 is 5.82 Å². The second-order valence-corrected chi connectivity index (χ2v) is 7.79. The van der Waals surface area contributed by atoms with Crippen LogP contribution in [0.25, 0.3) is 0 Å². The van der Waals surface area contributed by atoms with Crippen LogP contribution >= 0.6 is 0 Å². The minimum absolute atomic E-state index is 0.00849. The predicted octanol–water partition coefficient (Wildman–Crippen LogP) is 4.54. The summed E-state index contributed by atoms with van der Waals surface area (Å²) in [5.41, 5.74) is -1.56. The van der Waals surface area contributed by atoms with E-state index in [0.717, 1.165) is 30.8 Å². The van der Waals surface area contributed by atoms with Gasteiger partial charge in [0.2, 0.25) is 5.88 Å². The molecule has 12 heteroatoms. The summed E-state index contributed by atoms with van der Waals surface area (Å²) >= 11 is 0. The quantitative estimate of drug-likeness (QED) is 0.498. The van der Waals surface area contributed by atoms with Crippen LogP contribution in [0.1, 0.15) is 24.6 Å². The highest BCUT2D eigenvalue weighted by Crippen LogP contribution is 2.32. The molecule has 0 bridgehead atoms. The van der Waals surface area contributed by atoms with E-state index in [1.165, 1.54) is 4.57 Å². The largest absolute Gasteiger partial charge is 0.473 e. The van der Waals surface area contributed by atoms with E-state index in [1.54, 1.807) is 6.07 Å². The van der Waals surface area contributed by atoms with Gasteiger partial charge in [-0.1, -0.05) is 0 Å². The van der Waals surface area contributed by atoms with E-state index in [9.17, 15) is 26.7 Å². The SMILES string of the molecule is C[C@@H]1CCn2c(cc(OCc3cc(F)c(Oc4ccc(C(F)(F)F)nc4)c(F)c3)nc2=O)N1C. The lowest BCUT2D eigenvalue weighted by molar-refractivity contribution is -0.141. The van der Waals surface area contributed by atoms with E-state index in [2.05, 4.69) is 9.97 Å². The summed E-state index contributed by atoms with van der Waals surface area (Å²) in [6, 6.07) is 5.25. The second-order valence-electron chi connectivity index (χ2n) is 7.79. The molecule has 0 saturated carbocycles. The van der Waals surface area contributed by atoms with E-state index >= 15 is 0 Å². The van der Waals surface area contributed by atoms with Crippen LogP contribution in [0.5, 0.6) is 17.4 Å². The molecular formula is C22H19F5N4O3. The molecule has 2 aromatic heterocycles. The molecule has 0 aliphatic carbocycles. The van der Waals surface area contributed by atoms with Crippen LogP contribution in [-0.4, -0.2) is 27.6 Å². The van der Waals surface area contributed by atoms with Gasteiger partial charge in [-0.05, 0) is 43.2 Å². The molecule has 0 amide bonds. The van der Waals surface area contributed by atoms with Crippen LogP contribution in [0.2, 0.25) is 0 Å². The van der Waals surface area contributed by atoms with Gasteiger partial charge < -0.3 is 14.4 Å². The zero-order valence-electron chi connectivity index (χ0n) is 18.1. The molecule has 0 N–H and O–H groups in total. The lowest BCUT2D eigenvalue weighted by Gasteiger charge is -2.34. The predicted molar refractivity (Wildman–Crippen MR) is 111 cm³/mol. The maximum atomic E-state index is 14.5. The van der Waals surface area contributed by atoms with E-state index in [1.807, 2.05) is 18.9 Å². The number of pyridine rings is 1. The van der Waals surface area contributed by atoms with Gasteiger partial charge in [0.15, 0.2) is 17.4 Å². The van der Waals surface area contributed by atoms with Gasteiger partial charge in [-0.25, -0.2) is 18.6 Å². The minimum Gasteiger partial charge on any atom is -0.473 e. The van der Waals surface area contributed by atoms with Crippen molar-refractivity contribution in [3.63, 3.8) is 0 Å². The molecule has 3 heterocycles. The van der Waals surface area contributed by atoms with E-state index in [4.69, 9.17) is 9.47 Å². The Balaban J connectivity index is 1.49. The first-order valence-electron chi connectivity index (χ1n) is 10.2. The number of ether oxygens (including phenoxy) is 2. The fourth-order valence-electron chi connectivity index (χ4n) is 3.46. The summed E-state index contributed by atoms with van der Waals surface area (Å²) in [7, 11) is 1.84. The van der Waals surface area contributed by atoms with Crippen LogP contribution in [0.3, 0.4) is 0 Å². The highest BCUT2D eigenvalue weighted by Gasteiger charge is 2.32. The van der Waals surface area contributed by atoms with E-state index < -0.39 is 34.9 Å². The van der Waals surface area contributed by atoms with Crippen molar-refractivity contribution in [3.8, 4) is 17.4 Å². The van der Waals surface area contributed by atoms with Crippen LogP contribution in [-0.2, 0) is 19.3 Å². The Morgan fingerprint density at radius 1 is 1.15 bits per heavy atom. The molecule has 0 radical (unpaired) electrons. The molecule has 34 heavy (non-hydrogen) atoms. The van der Waals surface area contributed by atoms with Crippen LogP contribution in [0.15, 0.2) is 41.3 Å². The zero-order chi connectivity index (χ0) is 24.6. The van der Waals surface area contributed by atoms with Gasteiger partial charge in [0.05, 0.1) is 6.20 Å². The molecule has 1 aliphatic rings. The molecule has 0 unspecified atom stereocenters. The fraction of sp³-hybridized carbons (Fsp3) is 0.318. The van der Waals surface area contributed by atoms with Crippen molar-refractivity contribution in [2.45, 2.75) is 38.7 Å². The summed E-state index contributed by atoms with van der Waals surface area (Å²) in [4.78, 5) is 21.3. The molecular weight excluding hydrogens is 463 g/mol. The number of alkyl halides is 3. The number of halogens is 5. The number of nitrogens with zero attached hydrogens (tertiary/aromatic N) is 4. The molecule has 1 aliphatic heterocycles. The average molecular weight is 482 g/mol. The van der Waals surface area contributed by atoms with Crippen molar-refractivity contribution in [2.24, 2.45) is 0 Å². The van der Waals surface area contributed by atoms with Gasteiger partial charge in [-0.2, -0.15) is 18.2 Å². The van der Waals surface area contributed by atoms with Crippen molar-refractivity contribution < 1.29 is 31.4 Å². The molecule has 0 spiro atoms. The maximum Gasteiger partial charge on any atom is 0.433 e. The average Bonchev–Trinajstić information content (AvgIpc) is 2.77. The third-order valence-corrected chi connectivity index (χ3v) is 5.45. The van der Waals surface area contributed by atoms with Gasteiger partial charge in [0, 0.05) is 25.7 Å². The number of anilines is 1. The summed E-state index contributed by atoms with van der Waals surface area (Å²) in [6.45, 7) is 2.26. The van der Waals surface area contributed by atoms with Crippen LogP contribution < -0.4 is 20.1 Å². The van der Waals surface area contributed by atoms with Crippen molar-refractivity contribution in [1.82, 2.24) is 14.5 Å². The summed E-state index contributed by atoms with van der Waals surface area (Å²) in [5, 5.41) is 0. The maximum absolute atomic E-state index is 14.5. The number of hydrogen-bond acceptors (Lipinski definition) is 6. The lowest BCUT2D eigenvalue weighted by atomic mass is 10.1. The Bertz CT molecular complexity index is 1240. The third kappa shape index (κ3) is 4.80. The third-order valence-electron chi connectivity index (χ3n) is 5.45. The Morgan fingerprint density at radius 2 is 1.85 bits per heavy atom. The van der Waals surface area contributed by atoms with Crippen molar-refractivity contribution in [1.29, 1.82) is 0 Å². The first kappa shape index (κ1) is 23.5. The van der Waals surface area contributed by atoms with Crippen LogP contribution in [0, 0.1) is 11.6 Å². The first-order chi connectivity index (χ1) is 16.0. The standard InChI is InChI=1S/C22H19F5N4O3/c1-12-5-6-31-19(30(12)2)9-18(29-21(31)32)33-11-13-7-15(23)20(16(24)8-13)34-14-3-4-17(28-10-14)22(25,26)27/h3-4,7-10,12H,5-6,11H2,1-2H3/t12-/m1/s1. The molecule has 4 rings (SSSR count). The zero-order valence-corrected chi connectivity index (χ0v) is 18.1. The minimum atomic E-state index is -4.65. The molecule has 1 atom stereocenters.